The Labute approximate surface area is 104 Å². The predicted molar refractivity (Wildman–Crippen MR) is 64.1 cm³/mol. The van der Waals surface area contributed by atoms with Crippen LogP contribution in [-0.2, 0) is 16.4 Å². The van der Waals surface area contributed by atoms with E-state index in [2.05, 4.69) is 19.9 Å². The van der Waals surface area contributed by atoms with Crippen LogP contribution < -0.4 is 4.72 Å². The van der Waals surface area contributed by atoms with Gasteiger partial charge in [-0.25, -0.2) is 13.1 Å². The molecule has 7 nitrogen and oxygen atoms in total. The van der Waals surface area contributed by atoms with Gasteiger partial charge in [0.15, 0.2) is 0 Å². The second kappa shape index (κ2) is 5.23. The Balaban J connectivity index is 1.99. The van der Waals surface area contributed by atoms with E-state index in [4.69, 9.17) is 4.42 Å². The summed E-state index contributed by atoms with van der Waals surface area (Å²) >= 11 is 0. The highest BCUT2D eigenvalue weighted by atomic mass is 32.2. The van der Waals surface area contributed by atoms with Crippen LogP contribution in [0.15, 0.2) is 28.9 Å². The maximum absolute atomic E-state index is 10.9. The number of pyridine rings is 1. The quantitative estimate of drug-likeness (QED) is 0.833. The third-order valence-electron chi connectivity index (χ3n) is 2.08. The molecule has 0 radical (unpaired) electrons. The van der Waals surface area contributed by atoms with Crippen molar-refractivity contribution >= 4 is 10.0 Å². The van der Waals surface area contributed by atoms with E-state index in [0.29, 0.717) is 18.2 Å². The van der Waals surface area contributed by atoms with Crippen molar-refractivity contribution in [2.75, 3.05) is 12.8 Å². The monoisotopic (exact) mass is 268 g/mol. The number of nitrogens with one attached hydrogen (secondary N) is 1. The summed E-state index contributed by atoms with van der Waals surface area (Å²) in [5.74, 6) is 0.752. The minimum absolute atomic E-state index is 0.230. The van der Waals surface area contributed by atoms with Gasteiger partial charge in [0.25, 0.3) is 0 Å². The third-order valence-corrected chi connectivity index (χ3v) is 2.81. The highest BCUT2D eigenvalue weighted by Gasteiger charge is 2.09. The molecule has 8 heteroatoms. The minimum Gasteiger partial charge on any atom is -0.421 e. The Morgan fingerprint density at radius 2 is 2.22 bits per heavy atom. The Morgan fingerprint density at radius 3 is 2.89 bits per heavy atom. The number of sulfonamides is 1. The average Bonchev–Trinajstić information content (AvgIpc) is 2.77. The Hall–Kier alpha value is -1.80. The van der Waals surface area contributed by atoms with Crippen LogP contribution in [0, 0.1) is 0 Å². The molecule has 0 fully saturated rings. The molecular weight excluding hydrogens is 256 g/mol. The average molecular weight is 268 g/mol. The Kier molecular flexibility index (Phi) is 3.68. The third kappa shape index (κ3) is 3.60. The van der Waals surface area contributed by atoms with Crippen LogP contribution in [0.1, 0.15) is 5.89 Å². The molecule has 0 aliphatic carbocycles. The SMILES string of the molecule is CS(=O)(=O)NCCc1nnc(-c2cccnc2)o1. The molecule has 96 valence electrons. The number of nitrogens with zero attached hydrogens (tertiary/aromatic N) is 3. The molecule has 0 aliphatic rings. The van der Waals surface area contributed by atoms with Gasteiger partial charge in [-0.2, -0.15) is 0 Å². The van der Waals surface area contributed by atoms with Crippen molar-refractivity contribution in [2.24, 2.45) is 0 Å². The highest BCUT2D eigenvalue weighted by molar-refractivity contribution is 7.88. The summed E-state index contributed by atoms with van der Waals surface area (Å²) in [6, 6.07) is 3.57. The van der Waals surface area contributed by atoms with Gasteiger partial charge in [0.2, 0.25) is 21.8 Å². The van der Waals surface area contributed by atoms with Crippen molar-refractivity contribution in [1.29, 1.82) is 0 Å². The Morgan fingerprint density at radius 1 is 1.39 bits per heavy atom. The summed E-state index contributed by atoms with van der Waals surface area (Å²) < 4.78 is 29.5. The maximum Gasteiger partial charge on any atom is 0.249 e. The predicted octanol–water partition coefficient (Wildman–Crippen LogP) is 0.223. The smallest absolute Gasteiger partial charge is 0.249 e. The zero-order valence-electron chi connectivity index (χ0n) is 9.70. The van der Waals surface area contributed by atoms with E-state index in [1.165, 1.54) is 0 Å². The van der Waals surface area contributed by atoms with Crippen molar-refractivity contribution in [3.63, 3.8) is 0 Å². The minimum atomic E-state index is -3.19. The Bertz CT molecular complexity index is 609. The lowest BCUT2D eigenvalue weighted by molar-refractivity contribution is 0.502. The zero-order chi connectivity index (χ0) is 13.0. The van der Waals surface area contributed by atoms with Crippen LogP contribution >= 0.6 is 0 Å². The van der Waals surface area contributed by atoms with Crippen molar-refractivity contribution in [3.05, 3.63) is 30.4 Å². The van der Waals surface area contributed by atoms with Gasteiger partial charge in [0.05, 0.1) is 11.8 Å². The van der Waals surface area contributed by atoms with Gasteiger partial charge in [-0.3, -0.25) is 4.98 Å². The van der Waals surface area contributed by atoms with E-state index in [1.54, 1.807) is 24.5 Å². The van der Waals surface area contributed by atoms with Gasteiger partial charge < -0.3 is 4.42 Å². The van der Waals surface area contributed by atoms with E-state index >= 15 is 0 Å². The summed E-state index contributed by atoms with van der Waals surface area (Å²) in [4.78, 5) is 3.95. The van der Waals surface area contributed by atoms with Crippen molar-refractivity contribution in [1.82, 2.24) is 19.9 Å². The molecule has 1 N–H and O–H groups in total. The first kappa shape index (κ1) is 12.7. The molecule has 2 heterocycles. The van der Waals surface area contributed by atoms with Crippen molar-refractivity contribution < 1.29 is 12.8 Å². The molecule has 0 saturated carbocycles. The lowest BCUT2D eigenvalue weighted by Crippen LogP contribution is -2.24. The lowest BCUT2D eigenvalue weighted by Gasteiger charge is -1.97. The van der Waals surface area contributed by atoms with Gasteiger partial charge in [0, 0.05) is 25.4 Å². The fourth-order valence-corrected chi connectivity index (χ4v) is 1.78. The zero-order valence-corrected chi connectivity index (χ0v) is 10.5. The lowest BCUT2D eigenvalue weighted by atomic mass is 10.3. The highest BCUT2D eigenvalue weighted by Crippen LogP contribution is 2.15. The van der Waals surface area contributed by atoms with E-state index in [0.717, 1.165) is 11.8 Å². The summed E-state index contributed by atoms with van der Waals surface area (Å²) in [5.41, 5.74) is 0.729. The molecule has 2 rings (SSSR count). The van der Waals surface area contributed by atoms with Crippen LogP contribution in [-0.4, -0.2) is 36.4 Å². The molecule has 2 aromatic rings. The fourth-order valence-electron chi connectivity index (χ4n) is 1.30. The molecule has 2 aromatic heterocycles. The van der Waals surface area contributed by atoms with Gasteiger partial charge in [-0.15, -0.1) is 10.2 Å². The number of aromatic nitrogens is 3. The summed E-state index contributed by atoms with van der Waals surface area (Å²) in [6.07, 6.45) is 4.71. The fraction of sp³-hybridized carbons (Fsp3) is 0.300. The summed E-state index contributed by atoms with van der Waals surface area (Å²) in [5, 5.41) is 7.70. The molecular formula is C10H12N4O3S. The second-order valence-electron chi connectivity index (χ2n) is 3.66. The first-order chi connectivity index (χ1) is 8.54. The van der Waals surface area contributed by atoms with Crippen LogP contribution in [0.3, 0.4) is 0 Å². The molecule has 0 atom stereocenters. The van der Waals surface area contributed by atoms with E-state index in [9.17, 15) is 8.42 Å². The van der Waals surface area contributed by atoms with Gasteiger partial charge in [0.1, 0.15) is 0 Å². The number of rotatable bonds is 5. The molecule has 0 unspecified atom stereocenters. The van der Waals surface area contributed by atoms with Crippen LogP contribution in [0.25, 0.3) is 11.5 Å². The largest absolute Gasteiger partial charge is 0.421 e. The first-order valence-corrected chi connectivity index (χ1v) is 7.11. The van der Waals surface area contributed by atoms with Gasteiger partial charge in [-0.05, 0) is 12.1 Å². The molecule has 0 saturated heterocycles. The van der Waals surface area contributed by atoms with E-state index in [-0.39, 0.29) is 6.54 Å². The second-order valence-corrected chi connectivity index (χ2v) is 5.49. The van der Waals surface area contributed by atoms with E-state index < -0.39 is 10.0 Å². The van der Waals surface area contributed by atoms with Crippen LogP contribution in [0.2, 0.25) is 0 Å². The number of hydrogen-bond acceptors (Lipinski definition) is 6. The van der Waals surface area contributed by atoms with E-state index in [1.807, 2.05) is 0 Å². The van der Waals surface area contributed by atoms with Gasteiger partial charge in [-0.1, -0.05) is 0 Å². The van der Waals surface area contributed by atoms with Crippen molar-refractivity contribution in [2.45, 2.75) is 6.42 Å². The standard InChI is InChI=1S/C10H12N4O3S/c1-18(15,16)12-6-4-9-13-14-10(17-9)8-3-2-5-11-7-8/h2-3,5,7,12H,4,6H2,1H3. The molecule has 0 amide bonds. The maximum atomic E-state index is 10.9. The molecule has 0 spiro atoms. The van der Waals surface area contributed by atoms with Crippen molar-refractivity contribution in [3.8, 4) is 11.5 Å². The summed E-state index contributed by atoms with van der Waals surface area (Å²) in [6.45, 7) is 0.230. The molecule has 0 aliphatic heterocycles. The molecule has 18 heavy (non-hydrogen) atoms. The van der Waals surface area contributed by atoms with Crippen LogP contribution in [0.5, 0.6) is 0 Å². The number of hydrogen-bond donors (Lipinski definition) is 1. The first-order valence-electron chi connectivity index (χ1n) is 5.22. The molecule has 0 bridgehead atoms. The van der Waals surface area contributed by atoms with Crippen LogP contribution in [0.4, 0.5) is 0 Å². The molecule has 0 aromatic carbocycles. The van der Waals surface area contributed by atoms with Gasteiger partial charge >= 0.3 is 0 Å². The summed E-state index contributed by atoms with van der Waals surface area (Å²) in [7, 11) is -3.19. The topological polar surface area (TPSA) is 98.0 Å². The normalized spacial score (nSPS) is 11.6.